The lowest BCUT2D eigenvalue weighted by molar-refractivity contribution is 0.0982. The Bertz CT molecular complexity index is 600. The van der Waals surface area contributed by atoms with Crippen LogP contribution >= 0.6 is 0 Å². The van der Waals surface area contributed by atoms with E-state index in [2.05, 4.69) is 0 Å². The molecule has 0 aliphatic carbocycles. The van der Waals surface area contributed by atoms with E-state index in [0.717, 1.165) is 11.1 Å². The van der Waals surface area contributed by atoms with Gasteiger partial charge in [-0.15, -0.1) is 0 Å². The first-order valence-electron chi connectivity index (χ1n) is 6.56. The molecule has 0 amide bonds. The van der Waals surface area contributed by atoms with Gasteiger partial charge in [-0.05, 0) is 25.0 Å². The normalized spacial score (nSPS) is 10.3. The highest BCUT2D eigenvalue weighted by atomic mass is 16.5. The predicted molar refractivity (Wildman–Crippen MR) is 78.5 cm³/mol. The van der Waals surface area contributed by atoms with Gasteiger partial charge < -0.3 is 9.84 Å². The van der Waals surface area contributed by atoms with E-state index in [1.165, 1.54) is 7.11 Å². The van der Waals surface area contributed by atoms with Gasteiger partial charge in [-0.25, -0.2) is 0 Å². The number of Topliss-reactive ketones (excluding diaryl/α,β-unsaturated/α-hetero) is 1. The van der Waals surface area contributed by atoms with E-state index in [1.54, 1.807) is 12.1 Å². The van der Waals surface area contributed by atoms with Gasteiger partial charge in [0.2, 0.25) is 0 Å². The van der Waals surface area contributed by atoms with Crippen LogP contribution in [0.4, 0.5) is 0 Å². The van der Waals surface area contributed by atoms with Gasteiger partial charge in [-0.1, -0.05) is 42.0 Å². The fourth-order valence-corrected chi connectivity index (χ4v) is 2.07. The van der Waals surface area contributed by atoms with Gasteiger partial charge in [-0.3, -0.25) is 4.79 Å². The summed E-state index contributed by atoms with van der Waals surface area (Å²) in [6.07, 6.45) is 0.861. The predicted octanol–water partition coefficient (Wildman–Crippen LogP) is 3.52. The highest BCUT2D eigenvalue weighted by Gasteiger charge is 2.10. The average molecular weight is 270 g/mol. The van der Waals surface area contributed by atoms with Crippen LogP contribution in [0.1, 0.15) is 27.9 Å². The summed E-state index contributed by atoms with van der Waals surface area (Å²) in [6, 6.07) is 12.8. The summed E-state index contributed by atoms with van der Waals surface area (Å²) in [5.41, 5.74) is 2.56. The number of phenols is 1. The van der Waals surface area contributed by atoms with Crippen LogP contribution in [0, 0.1) is 6.92 Å². The second-order valence-corrected chi connectivity index (χ2v) is 4.76. The Kier molecular flexibility index (Phi) is 4.41. The Morgan fingerprint density at radius 3 is 2.50 bits per heavy atom. The van der Waals surface area contributed by atoms with E-state index in [0.29, 0.717) is 24.2 Å². The van der Waals surface area contributed by atoms with E-state index < -0.39 is 0 Å². The standard InChI is InChI=1S/C17H18O3/c1-12-6-8-13(9-7-12)15(18)11-10-14-4-3-5-16(20-2)17(14)19/h3-9,19H,10-11H2,1-2H3. The van der Waals surface area contributed by atoms with Crippen LogP contribution in [-0.4, -0.2) is 18.0 Å². The topological polar surface area (TPSA) is 46.5 Å². The average Bonchev–Trinajstić information content (AvgIpc) is 2.46. The van der Waals surface area contributed by atoms with Gasteiger partial charge in [-0.2, -0.15) is 0 Å². The second-order valence-electron chi connectivity index (χ2n) is 4.76. The second kappa shape index (κ2) is 6.24. The number of carbonyl (C=O) groups excluding carboxylic acids is 1. The third-order valence-corrected chi connectivity index (χ3v) is 3.30. The first kappa shape index (κ1) is 14.1. The molecule has 0 aliphatic heterocycles. The van der Waals surface area contributed by atoms with Crippen molar-refractivity contribution in [3.8, 4) is 11.5 Å². The molecule has 0 heterocycles. The molecule has 0 aromatic heterocycles. The fraction of sp³-hybridized carbons (Fsp3) is 0.235. The molecular weight excluding hydrogens is 252 g/mol. The maximum atomic E-state index is 12.1. The summed E-state index contributed by atoms with van der Waals surface area (Å²) in [5.74, 6) is 0.629. The highest BCUT2D eigenvalue weighted by Crippen LogP contribution is 2.30. The van der Waals surface area contributed by atoms with E-state index in [1.807, 2.05) is 37.3 Å². The molecule has 3 heteroatoms. The molecule has 0 bridgehead atoms. The number of hydrogen-bond donors (Lipinski definition) is 1. The molecule has 0 saturated heterocycles. The smallest absolute Gasteiger partial charge is 0.163 e. The zero-order valence-electron chi connectivity index (χ0n) is 11.7. The summed E-state index contributed by atoms with van der Waals surface area (Å²) in [7, 11) is 1.51. The van der Waals surface area contributed by atoms with Crippen molar-refractivity contribution in [3.05, 3.63) is 59.2 Å². The minimum atomic E-state index is 0.0761. The fourth-order valence-electron chi connectivity index (χ4n) is 2.07. The SMILES string of the molecule is COc1cccc(CCC(=O)c2ccc(C)cc2)c1O. The molecule has 0 unspecified atom stereocenters. The molecule has 0 spiro atoms. The van der Waals surface area contributed by atoms with Crippen LogP contribution in [-0.2, 0) is 6.42 Å². The van der Waals surface area contributed by atoms with Crippen molar-refractivity contribution in [2.24, 2.45) is 0 Å². The van der Waals surface area contributed by atoms with Crippen LogP contribution in [0.15, 0.2) is 42.5 Å². The number of rotatable bonds is 5. The van der Waals surface area contributed by atoms with Gasteiger partial charge in [0.15, 0.2) is 17.3 Å². The van der Waals surface area contributed by atoms with Gasteiger partial charge >= 0.3 is 0 Å². The van der Waals surface area contributed by atoms with E-state index in [9.17, 15) is 9.90 Å². The number of ether oxygens (including phenoxy) is 1. The summed E-state index contributed by atoms with van der Waals surface area (Å²) in [4.78, 5) is 12.1. The number of ketones is 1. The number of phenolic OH excluding ortho intramolecular Hbond substituents is 1. The molecule has 0 saturated carbocycles. The van der Waals surface area contributed by atoms with Gasteiger partial charge in [0.25, 0.3) is 0 Å². The molecule has 2 aromatic rings. The van der Waals surface area contributed by atoms with Crippen molar-refractivity contribution in [2.75, 3.05) is 7.11 Å². The van der Waals surface area contributed by atoms with E-state index in [-0.39, 0.29) is 11.5 Å². The molecule has 0 radical (unpaired) electrons. The van der Waals surface area contributed by atoms with Gasteiger partial charge in [0, 0.05) is 12.0 Å². The minimum Gasteiger partial charge on any atom is -0.504 e. The van der Waals surface area contributed by atoms with Crippen LogP contribution < -0.4 is 4.74 Å². The van der Waals surface area contributed by atoms with Crippen LogP contribution in [0.5, 0.6) is 11.5 Å². The molecule has 1 N–H and O–H groups in total. The van der Waals surface area contributed by atoms with Gasteiger partial charge in [0.1, 0.15) is 0 Å². The number of hydrogen-bond acceptors (Lipinski definition) is 3. The summed E-state index contributed by atoms with van der Waals surface area (Å²) in [5, 5.41) is 9.97. The lowest BCUT2D eigenvalue weighted by atomic mass is 10.0. The lowest BCUT2D eigenvalue weighted by Crippen LogP contribution is -2.01. The third kappa shape index (κ3) is 3.18. The van der Waals surface area contributed by atoms with Crippen molar-refractivity contribution in [2.45, 2.75) is 19.8 Å². The first-order chi connectivity index (χ1) is 9.61. The Morgan fingerprint density at radius 1 is 1.15 bits per heavy atom. The molecule has 0 fully saturated rings. The number of aromatic hydroxyl groups is 1. The lowest BCUT2D eigenvalue weighted by Gasteiger charge is -2.08. The molecule has 3 nitrogen and oxygen atoms in total. The Morgan fingerprint density at radius 2 is 1.85 bits per heavy atom. The first-order valence-corrected chi connectivity index (χ1v) is 6.56. The molecule has 2 rings (SSSR count). The monoisotopic (exact) mass is 270 g/mol. The molecule has 0 aliphatic rings. The van der Waals surface area contributed by atoms with E-state index in [4.69, 9.17) is 4.74 Å². The molecule has 0 atom stereocenters. The minimum absolute atomic E-state index is 0.0761. The Hall–Kier alpha value is -2.29. The molecular formula is C17H18O3. The molecule has 20 heavy (non-hydrogen) atoms. The van der Waals surface area contributed by atoms with Crippen LogP contribution in [0.2, 0.25) is 0 Å². The molecule has 104 valence electrons. The Balaban J connectivity index is 2.05. The van der Waals surface area contributed by atoms with Crippen molar-refractivity contribution in [1.82, 2.24) is 0 Å². The largest absolute Gasteiger partial charge is 0.504 e. The number of carbonyl (C=O) groups is 1. The number of aryl methyl sites for hydroxylation is 2. The summed E-state index contributed by atoms with van der Waals surface area (Å²) in [6.45, 7) is 1.99. The maximum absolute atomic E-state index is 12.1. The highest BCUT2D eigenvalue weighted by molar-refractivity contribution is 5.96. The zero-order chi connectivity index (χ0) is 14.5. The van der Waals surface area contributed by atoms with E-state index >= 15 is 0 Å². The van der Waals surface area contributed by atoms with Crippen molar-refractivity contribution < 1.29 is 14.6 Å². The third-order valence-electron chi connectivity index (χ3n) is 3.30. The van der Waals surface area contributed by atoms with Gasteiger partial charge in [0.05, 0.1) is 7.11 Å². The number of benzene rings is 2. The molecule has 2 aromatic carbocycles. The van der Waals surface area contributed by atoms with Crippen molar-refractivity contribution in [3.63, 3.8) is 0 Å². The maximum Gasteiger partial charge on any atom is 0.163 e. The van der Waals surface area contributed by atoms with Crippen molar-refractivity contribution in [1.29, 1.82) is 0 Å². The number of para-hydroxylation sites is 1. The number of methoxy groups -OCH3 is 1. The quantitative estimate of drug-likeness (QED) is 0.845. The van der Waals surface area contributed by atoms with Crippen molar-refractivity contribution >= 4 is 5.78 Å². The van der Waals surface area contributed by atoms with Crippen LogP contribution in [0.25, 0.3) is 0 Å². The Labute approximate surface area is 118 Å². The summed E-state index contributed by atoms with van der Waals surface area (Å²) < 4.78 is 5.06. The van der Waals surface area contributed by atoms with Crippen LogP contribution in [0.3, 0.4) is 0 Å². The zero-order valence-corrected chi connectivity index (χ0v) is 11.7. The summed E-state index contributed by atoms with van der Waals surface area (Å²) >= 11 is 0.